The predicted molar refractivity (Wildman–Crippen MR) is 105 cm³/mol. The highest BCUT2D eigenvalue weighted by Crippen LogP contribution is 2.44. The molecule has 1 aromatic rings. The van der Waals surface area contributed by atoms with Gasteiger partial charge in [0.05, 0.1) is 13.7 Å². The van der Waals surface area contributed by atoms with Crippen molar-refractivity contribution in [2.75, 3.05) is 21.3 Å². The standard InChI is InChI=1S/C20H27BrO7/c1-19(24-4)20(2,25-5)28-18-16(22)14(21)10-15(17(18)27-19)26-11-12-6-8-13(23-3)9-7-12/h6-10,15-18,22H,11H2,1-5H3/t15-,16+,17+,18+,19-,20-/m0/s1. The molecule has 1 aliphatic carbocycles. The lowest BCUT2D eigenvalue weighted by molar-refractivity contribution is -0.459. The number of hydrogen-bond acceptors (Lipinski definition) is 7. The summed E-state index contributed by atoms with van der Waals surface area (Å²) in [4.78, 5) is 0. The van der Waals surface area contributed by atoms with Crippen LogP contribution in [-0.2, 0) is 30.3 Å². The molecule has 1 saturated heterocycles. The summed E-state index contributed by atoms with van der Waals surface area (Å²) in [5, 5.41) is 10.6. The molecule has 0 saturated carbocycles. The van der Waals surface area contributed by atoms with Gasteiger partial charge < -0.3 is 33.5 Å². The van der Waals surface area contributed by atoms with Crippen LogP contribution in [-0.4, -0.2) is 62.4 Å². The molecule has 0 aromatic heterocycles. The van der Waals surface area contributed by atoms with Crippen LogP contribution in [0.3, 0.4) is 0 Å². The summed E-state index contributed by atoms with van der Waals surface area (Å²) in [6.45, 7) is 3.82. The minimum atomic E-state index is -1.20. The molecule has 0 unspecified atom stereocenters. The third-order valence-electron chi connectivity index (χ3n) is 5.49. The molecule has 156 valence electrons. The number of aliphatic hydroxyl groups excluding tert-OH is 1. The molecule has 8 heteroatoms. The number of rotatable bonds is 6. The third kappa shape index (κ3) is 3.87. The van der Waals surface area contributed by atoms with Crippen LogP contribution in [0.15, 0.2) is 34.8 Å². The third-order valence-corrected chi connectivity index (χ3v) is 6.23. The summed E-state index contributed by atoms with van der Waals surface area (Å²) in [7, 11) is 4.67. The van der Waals surface area contributed by atoms with E-state index < -0.39 is 36.0 Å². The molecule has 1 aliphatic heterocycles. The summed E-state index contributed by atoms with van der Waals surface area (Å²) in [6, 6.07) is 7.63. The van der Waals surface area contributed by atoms with E-state index >= 15 is 0 Å². The Hall–Kier alpha value is -1.00. The van der Waals surface area contributed by atoms with Gasteiger partial charge in [0, 0.05) is 18.7 Å². The number of ether oxygens (including phenoxy) is 6. The van der Waals surface area contributed by atoms with Gasteiger partial charge in [-0.25, -0.2) is 0 Å². The number of benzene rings is 1. The molecule has 2 aliphatic rings. The van der Waals surface area contributed by atoms with Gasteiger partial charge in [-0.05, 0) is 37.6 Å². The fourth-order valence-corrected chi connectivity index (χ4v) is 3.92. The highest BCUT2D eigenvalue weighted by atomic mass is 79.9. The zero-order valence-corrected chi connectivity index (χ0v) is 18.3. The normalized spacial score (nSPS) is 37.9. The molecule has 28 heavy (non-hydrogen) atoms. The summed E-state index contributed by atoms with van der Waals surface area (Å²) < 4.78 is 35.4. The zero-order valence-electron chi connectivity index (χ0n) is 16.7. The number of halogens is 1. The van der Waals surface area contributed by atoms with E-state index in [0.29, 0.717) is 11.1 Å². The molecule has 6 atom stereocenters. The van der Waals surface area contributed by atoms with Gasteiger partial charge in [-0.2, -0.15) is 0 Å². The Morgan fingerprint density at radius 2 is 1.57 bits per heavy atom. The minimum absolute atomic E-state index is 0.360. The van der Waals surface area contributed by atoms with E-state index in [-0.39, 0.29) is 0 Å². The molecule has 1 heterocycles. The summed E-state index contributed by atoms with van der Waals surface area (Å²) in [5.41, 5.74) is 0.987. The number of hydrogen-bond donors (Lipinski definition) is 1. The van der Waals surface area contributed by atoms with E-state index in [4.69, 9.17) is 28.4 Å². The van der Waals surface area contributed by atoms with Gasteiger partial charge in [-0.15, -0.1) is 0 Å². The number of methoxy groups -OCH3 is 3. The lowest BCUT2D eigenvalue weighted by Crippen LogP contribution is -2.69. The first-order valence-corrected chi connectivity index (χ1v) is 9.82. The number of fused-ring (bicyclic) bond motifs is 1. The summed E-state index contributed by atoms with van der Waals surface area (Å²) in [6.07, 6.45) is -0.830. The van der Waals surface area contributed by atoms with Crippen molar-refractivity contribution in [2.24, 2.45) is 0 Å². The second kappa shape index (κ2) is 8.39. The first-order chi connectivity index (χ1) is 13.3. The summed E-state index contributed by atoms with van der Waals surface area (Å²) in [5.74, 6) is -1.59. The summed E-state index contributed by atoms with van der Waals surface area (Å²) >= 11 is 3.41. The Balaban J connectivity index is 1.81. The van der Waals surface area contributed by atoms with E-state index in [0.717, 1.165) is 11.3 Å². The monoisotopic (exact) mass is 458 g/mol. The first-order valence-electron chi connectivity index (χ1n) is 9.02. The second-order valence-electron chi connectivity index (χ2n) is 7.08. The van der Waals surface area contributed by atoms with Gasteiger partial charge in [-0.1, -0.05) is 28.1 Å². The van der Waals surface area contributed by atoms with Crippen LogP contribution in [0, 0.1) is 0 Å². The molecular weight excluding hydrogens is 432 g/mol. The van der Waals surface area contributed by atoms with Crippen molar-refractivity contribution in [3.05, 3.63) is 40.4 Å². The predicted octanol–water partition coefficient (Wildman–Crippen LogP) is 2.74. The smallest absolute Gasteiger partial charge is 0.220 e. The maximum Gasteiger partial charge on any atom is 0.220 e. The van der Waals surface area contributed by atoms with E-state index in [1.807, 2.05) is 24.3 Å². The van der Waals surface area contributed by atoms with Gasteiger partial charge in [0.2, 0.25) is 11.6 Å². The van der Waals surface area contributed by atoms with Crippen molar-refractivity contribution in [3.8, 4) is 5.75 Å². The SMILES string of the molecule is COc1ccc(CO[C@H]2C=C(Br)[C@@H](O)[C@H]3O[C@](C)(OC)[C@@](C)(OC)O[C@@H]32)cc1. The van der Waals surface area contributed by atoms with Crippen LogP contribution in [0.25, 0.3) is 0 Å². The van der Waals surface area contributed by atoms with Crippen LogP contribution in [0.4, 0.5) is 0 Å². The molecule has 1 N–H and O–H groups in total. The van der Waals surface area contributed by atoms with Crippen molar-refractivity contribution >= 4 is 15.9 Å². The van der Waals surface area contributed by atoms with E-state index in [1.54, 1.807) is 27.0 Å². The van der Waals surface area contributed by atoms with Crippen LogP contribution in [0.1, 0.15) is 19.4 Å². The van der Waals surface area contributed by atoms with E-state index in [1.165, 1.54) is 14.2 Å². The van der Waals surface area contributed by atoms with Crippen molar-refractivity contribution < 1.29 is 33.5 Å². The molecular formula is C20H27BrO7. The quantitative estimate of drug-likeness (QED) is 0.701. The topological polar surface area (TPSA) is 75.6 Å². The Kier molecular flexibility index (Phi) is 6.51. The molecule has 0 radical (unpaired) electrons. The van der Waals surface area contributed by atoms with Crippen LogP contribution in [0.2, 0.25) is 0 Å². The lowest BCUT2D eigenvalue weighted by atomic mass is 9.92. The Morgan fingerprint density at radius 1 is 1.00 bits per heavy atom. The molecule has 0 bridgehead atoms. The lowest BCUT2D eigenvalue weighted by Gasteiger charge is -2.55. The largest absolute Gasteiger partial charge is 0.497 e. The zero-order chi connectivity index (χ0) is 20.5. The van der Waals surface area contributed by atoms with Gasteiger partial charge >= 0.3 is 0 Å². The molecule has 7 nitrogen and oxygen atoms in total. The first kappa shape index (κ1) is 21.7. The van der Waals surface area contributed by atoms with Gasteiger partial charge in [0.1, 0.15) is 30.2 Å². The maximum absolute atomic E-state index is 10.6. The Morgan fingerprint density at radius 3 is 2.11 bits per heavy atom. The van der Waals surface area contributed by atoms with Gasteiger partial charge in [-0.3, -0.25) is 0 Å². The van der Waals surface area contributed by atoms with Crippen LogP contribution in [0.5, 0.6) is 5.75 Å². The fraction of sp³-hybridized carbons (Fsp3) is 0.600. The average Bonchev–Trinajstić information content (AvgIpc) is 2.71. The molecule has 0 spiro atoms. The van der Waals surface area contributed by atoms with Gasteiger partial charge in [0.15, 0.2) is 0 Å². The van der Waals surface area contributed by atoms with Crippen LogP contribution < -0.4 is 4.74 Å². The minimum Gasteiger partial charge on any atom is -0.497 e. The number of aliphatic hydroxyl groups is 1. The molecule has 3 rings (SSSR count). The highest BCUT2D eigenvalue weighted by molar-refractivity contribution is 9.11. The van der Waals surface area contributed by atoms with Crippen LogP contribution >= 0.6 is 15.9 Å². The Labute approximate surface area is 173 Å². The van der Waals surface area contributed by atoms with Crippen molar-refractivity contribution in [1.82, 2.24) is 0 Å². The Bertz CT molecular complexity index is 709. The van der Waals surface area contributed by atoms with Crippen molar-refractivity contribution in [2.45, 2.75) is 56.4 Å². The molecule has 0 amide bonds. The van der Waals surface area contributed by atoms with Crippen molar-refractivity contribution in [3.63, 3.8) is 0 Å². The molecule has 1 aromatic carbocycles. The average molecular weight is 459 g/mol. The van der Waals surface area contributed by atoms with Gasteiger partial charge in [0.25, 0.3) is 0 Å². The molecule has 1 fully saturated rings. The second-order valence-corrected chi connectivity index (χ2v) is 8.00. The maximum atomic E-state index is 10.6. The fourth-order valence-electron chi connectivity index (χ4n) is 3.40. The van der Waals surface area contributed by atoms with Crippen molar-refractivity contribution in [1.29, 1.82) is 0 Å². The van der Waals surface area contributed by atoms with E-state index in [9.17, 15) is 5.11 Å². The highest BCUT2D eigenvalue weighted by Gasteiger charge is 2.60. The van der Waals surface area contributed by atoms with E-state index in [2.05, 4.69) is 15.9 Å².